The molecule has 0 amide bonds. The predicted molar refractivity (Wildman–Crippen MR) is 59.2 cm³/mol. The van der Waals surface area contributed by atoms with E-state index in [1.165, 1.54) is 0 Å². The van der Waals surface area contributed by atoms with Crippen LogP contribution in [-0.4, -0.2) is 5.11 Å². The first-order valence-electron chi connectivity index (χ1n) is 4.66. The fraction of sp³-hybridized carbons (Fsp3) is 0.333. The fourth-order valence-corrected chi connectivity index (χ4v) is 1.24. The van der Waals surface area contributed by atoms with Crippen molar-refractivity contribution in [1.29, 1.82) is 0 Å². The summed E-state index contributed by atoms with van der Waals surface area (Å²) in [5.41, 5.74) is 1.64. The Hall–Kier alpha value is -0.970. The topological polar surface area (TPSA) is 20.2 Å². The molecule has 14 heavy (non-hydrogen) atoms. The van der Waals surface area contributed by atoms with Crippen LogP contribution in [0.25, 0.3) is 0 Å². The van der Waals surface area contributed by atoms with Crippen molar-refractivity contribution in [3.63, 3.8) is 0 Å². The minimum atomic E-state index is -0.0396. The highest BCUT2D eigenvalue weighted by atomic mass is 35.5. The van der Waals surface area contributed by atoms with Gasteiger partial charge in [0.15, 0.2) is 0 Å². The highest BCUT2D eigenvalue weighted by Crippen LogP contribution is 2.16. The summed E-state index contributed by atoms with van der Waals surface area (Å²) in [6.45, 7) is 2.05. The van der Waals surface area contributed by atoms with Gasteiger partial charge in [0, 0.05) is 17.0 Å². The molecule has 74 valence electrons. The van der Waals surface area contributed by atoms with E-state index < -0.39 is 0 Å². The lowest BCUT2D eigenvalue weighted by atomic mass is 10.1. The Morgan fingerprint density at radius 1 is 1.43 bits per heavy atom. The van der Waals surface area contributed by atoms with Crippen molar-refractivity contribution >= 4 is 11.6 Å². The van der Waals surface area contributed by atoms with E-state index in [9.17, 15) is 0 Å². The molecular weight excluding hydrogens is 196 g/mol. The van der Waals surface area contributed by atoms with E-state index in [4.69, 9.17) is 16.7 Å². The summed E-state index contributed by atoms with van der Waals surface area (Å²) in [6.07, 6.45) is 1.96. The summed E-state index contributed by atoms with van der Waals surface area (Å²) in [4.78, 5) is 0. The molecule has 0 atom stereocenters. The lowest BCUT2D eigenvalue weighted by molar-refractivity contribution is 0.282. The van der Waals surface area contributed by atoms with Crippen LogP contribution < -0.4 is 0 Å². The van der Waals surface area contributed by atoms with Crippen LogP contribution in [0.15, 0.2) is 18.2 Å². The fourth-order valence-electron chi connectivity index (χ4n) is 1.06. The molecule has 1 aromatic rings. The largest absolute Gasteiger partial charge is 0.392 e. The second-order valence-electron chi connectivity index (χ2n) is 3.02. The molecule has 1 aromatic carbocycles. The molecule has 0 heterocycles. The molecule has 1 nitrogen and oxygen atoms in total. The van der Waals surface area contributed by atoms with Gasteiger partial charge in [-0.1, -0.05) is 30.4 Å². The van der Waals surface area contributed by atoms with Crippen LogP contribution in [0.2, 0.25) is 5.02 Å². The molecule has 0 fully saturated rings. The highest BCUT2D eigenvalue weighted by Gasteiger charge is 1.98. The molecule has 0 unspecified atom stereocenters. The van der Waals surface area contributed by atoms with E-state index in [-0.39, 0.29) is 6.61 Å². The minimum absolute atomic E-state index is 0.0396. The quantitative estimate of drug-likeness (QED) is 0.741. The van der Waals surface area contributed by atoms with E-state index in [2.05, 4.69) is 18.8 Å². The standard InChI is InChI=1S/C12H13ClO/c1-2-3-4-5-10-6-7-12(13)11(8-10)9-14/h6-8,14H,2-3,9H2,1H3. The monoisotopic (exact) mass is 208 g/mol. The Morgan fingerprint density at radius 3 is 2.86 bits per heavy atom. The van der Waals surface area contributed by atoms with Gasteiger partial charge >= 0.3 is 0 Å². The van der Waals surface area contributed by atoms with Gasteiger partial charge in [0.25, 0.3) is 0 Å². The van der Waals surface area contributed by atoms with Gasteiger partial charge < -0.3 is 5.11 Å². The maximum absolute atomic E-state index is 8.98. The molecule has 0 aliphatic carbocycles. The number of hydrogen-bond acceptors (Lipinski definition) is 1. The molecule has 0 aliphatic heterocycles. The number of rotatable bonds is 2. The zero-order valence-corrected chi connectivity index (χ0v) is 8.93. The van der Waals surface area contributed by atoms with Crippen molar-refractivity contribution in [2.75, 3.05) is 0 Å². The van der Waals surface area contributed by atoms with Gasteiger partial charge in [0.2, 0.25) is 0 Å². The van der Waals surface area contributed by atoms with E-state index in [1.807, 2.05) is 12.1 Å². The number of aliphatic hydroxyl groups is 1. The number of benzene rings is 1. The normalized spacial score (nSPS) is 9.36. The Kier molecular flexibility index (Phi) is 4.52. The number of hydrogen-bond donors (Lipinski definition) is 1. The van der Waals surface area contributed by atoms with Gasteiger partial charge in [-0.25, -0.2) is 0 Å². The molecule has 0 aromatic heterocycles. The molecule has 0 aliphatic rings. The van der Waals surface area contributed by atoms with Crippen molar-refractivity contribution in [3.05, 3.63) is 34.3 Å². The third-order valence-corrected chi connectivity index (χ3v) is 2.19. The first-order chi connectivity index (χ1) is 6.77. The maximum atomic E-state index is 8.98. The SMILES string of the molecule is CCCC#Cc1ccc(Cl)c(CO)c1. The van der Waals surface area contributed by atoms with Crippen LogP contribution in [0.5, 0.6) is 0 Å². The summed E-state index contributed by atoms with van der Waals surface area (Å²) in [7, 11) is 0. The molecule has 2 heteroatoms. The average Bonchev–Trinajstić information content (AvgIpc) is 2.21. The highest BCUT2D eigenvalue weighted by molar-refractivity contribution is 6.31. The Bertz CT molecular complexity index is 360. The lowest BCUT2D eigenvalue weighted by Crippen LogP contribution is -1.86. The van der Waals surface area contributed by atoms with E-state index in [0.717, 1.165) is 24.0 Å². The molecule has 0 spiro atoms. The van der Waals surface area contributed by atoms with Crippen molar-refractivity contribution in [2.45, 2.75) is 26.4 Å². The van der Waals surface area contributed by atoms with Crippen LogP contribution in [0.4, 0.5) is 0 Å². The van der Waals surface area contributed by atoms with Gasteiger partial charge in [0.05, 0.1) is 6.61 Å². The molecular formula is C12H13ClO. The smallest absolute Gasteiger partial charge is 0.0696 e. The molecule has 0 saturated heterocycles. The van der Waals surface area contributed by atoms with Crippen molar-refractivity contribution in [3.8, 4) is 11.8 Å². The van der Waals surface area contributed by atoms with Crippen LogP contribution in [0.3, 0.4) is 0 Å². The summed E-state index contributed by atoms with van der Waals surface area (Å²) in [6, 6.07) is 5.46. The van der Waals surface area contributed by atoms with Crippen LogP contribution in [-0.2, 0) is 6.61 Å². The number of unbranched alkanes of at least 4 members (excludes halogenated alkanes) is 1. The second-order valence-corrected chi connectivity index (χ2v) is 3.42. The summed E-state index contributed by atoms with van der Waals surface area (Å²) >= 11 is 5.85. The third-order valence-electron chi connectivity index (χ3n) is 1.82. The Morgan fingerprint density at radius 2 is 2.21 bits per heavy atom. The van der Waals surface area contributed by atoms with E-state index in [1.54, 1.807) is 6.07 Å². The molecule has 0 bridgehead atoms. The van der Waals surface area contributed by atoms with Gasteiger partial charge in [-0.05, 0) is 30.2 Å². The first-order valence-corrected chi connectivity index (χ1v) is 5.04. The molecule has 0 radical (unpaired) electrons. The van der Waals surface area contributed by atoms with Gasteiger partial charge in [-0.3, -0.25) is 0 Å². The second kappa shape index (κ2) is 5.70. The van der Waals surface area contributed by atoms with Crippen LogP contribution >= 0.6 is 11.6 Å². The van der Waals surface area contributed by atoms with Gasteiger partial charge in [-0.2, -0.15) is 0 Å². The van der Waals surface area contributed by atoms with E-state index >= 15 is 0 Å². The summed E-state index contributed by atoms with van der Waals surface area (Å²) in [5.74, 6) is 6.08. The van der Waals surface area contributed by atoms with Gasteiger partial charge in [-0.15, -0.1) is 0 Å². The number of aliphatic hydroxyl groups excluding tert-OH is 1. The zero-order chi connectivity index (χ0) is 10.4. The Labute approximate surface area is 89.7 Å². The van der Waals surface area contributed by atoms with Crippen molar-refractivity contribution in [1.82, 2.24) is 0 Å². The Balaban J connectivity index is 2.86. The summed E-state index contributed by atoms with van der Waals surface area (Å²) in [5, 5.41) is 9.57. The zero-order valence-electron chi connectivity index (χ0n) is 8.18. The van der Waals surface area contributed by atoms with Crippen molar-refractivity contribution < 1.29 is 5.11 Å². The van der Waals surface area contributed by atoms with Gasteiger partial charge in [0.1, 0.15) is 0 Å². The third kappa shape index (κ3) is 3.06. The van der Waals surface area contributed by atoms with E-state index in [0.29, 0.717) is 5.02 Å². The van der Waals surface area contributed by atoms with Crippen LogP contribution in [0.1, 0.15) is 30.9 Å². The first kappa shape index (κ1) is 11.1. The van der Waals surface area contributed by atoms with Crippen molar-refractivity contribution in [2.24, 2.45) is 0 Å². The maximum Gasteiger partial charge on any atom is 0.0696 e. The molecule has 1 N–H and O–H groups in total. The lowest BCUT2D eigenvalue weighted by Gasteiger charge is -1.99. The predicted octanol–water partition coefficient (Wildman–Crippen LogP) is 2.98. The summed E-state index contributed by atoms with van der Waals surface area (Å²) < 4.78 is 0. The molecule has 1 rings (SSSR count). The average molecular weight is 209 g/mol. The number of halogens is 1. The molecule has 0 saturated carbocycles. The minimum Gasteiger partial charge on any atom is -0.392 e. The van der Waals surface area contributed by atoms with Crippen LogP contribution in [0, 0.1) is 11.8 Å².